The minimum Gasteiger partial charge on any atom is -0.495 e. The van der Waals surface area contributed by atoms with Crippen LogP contribution in [0.5, 0.6) is 11.5 Å². The number of amides is 1. The predicted octanol–water partition coefficient (Wildman–Crippen LogP) is 2.28. The Morgan fingerprint density at radius 1 is 1.33 bits per heavy atom. The number of hydrogen-bond donors (Lipinski definition) is 1. The molecule has 0 aliphatic carbocycles. The van der Waals surface area contributed by atoms with Crippen molar-refractivity contribution in [2.45, 2.75) is 6.92 Å². The van der Waals surface area contributed by atoms with Crippen molar-refractivity contribution in [2.75, 3.05) is 30.4 Å². The number of nitro benzene ring substituents is 1. The van der Waals surface area contributed by atoms with Crippen molar-refractivity contribution in [3.63, 3.8) is 0 Å². The number of benzene rings is 2. The number of hydrogen-bond acceptors (Lipinski definition) is 7. The lowest BCUT2D eigenvalue weighted by Gasteiger charge is -2.29. The molecule has 9 nitrogen and oxygen atoms in total. The first-order chi connectivity index (χ1) is 12.9. The van der Waals surface area contributed by atoms with E-state index < -0.39 is 16.8 Å². The highest BCUT2D eigenvalue weighted by molar-refractivity contribution is 5.97. The molecule has 0 spiro atoms. The van der Waals surface area contributed by atoms with Crippen LogP contribution in [-0.4, -0.2) is 37.0 Å². The van der Waals surface area contributed by atoms with E-state index >= 15 is 0 Å². The molecular formula is C18H17N3O6. The van der Waals surface area contributed by atoms with E-state index in [0.717, 1.165) is 5.56 Å². The lowest BCUT2D eigenvalue weighted by Crippen LogP contribution is -2.41. The van der Waals surface area contributed by atoms with Gasteiger partial charge in [0.25, 0.3) is 5.69 Å². The highest BCUT2D eigenvalue weighted by atomic mass is 16.6. The summed E-state index contributed by atoms with van der Waals surface area (Å²) in [6, 6.07) is 9.27. The molecule has 1 aliphatic heterocycles. The fourth-order valence-electron chi connectivity index (χ4n) is 2.77. The molecule has 27 heavy (non-hydrogen) atoms. The number of rotatable bonds is 5. The fraction of sp³-hybridized carbons (Fsp3) is 0.222. The van der Waals surface area contributed by atoms with Crippen LogP contribution < -0.4 is 19.7 Å². The molecule has 0 saturated heterocycles. The molecule has 2 aromatic rings. The lowest BCUT2D eigenvalue weighted by molar-refractivity contribution is -0.384. The molecular weight excluding hydrogens is 354 g/mol. The van der Waals surface area contributed by atoms with Crippen molar-refractivity contribution >= 4 is 28.9 Å². The fourth-order valence-corrected chi connectivity index (χ4v) is 2.77. The molecule has 0 fully saturated rings. The van der Waals surface area contributed by atoms with Gasteiger partial charge in [0, 0.05) is 12.1 Å². The predicted molar refractivity (Wildman–Crippen MR) is 97.3 cm³/mol. The second-order valence-electron chi connectivity index (χ2n) is 5.99. The van der Waals surface area contributed by atoms with E-state index in [9.17, 15) is 19.7 Å². The van der Waals surface area contributed by atoms with Crippen molar-refractivity contribution in [1.82, 2.24) is 0 Å². The molecule has 3 rings (SSSR count). The Morgan fingerprint density at radius 2 is 2.11 bits per heavy atom. The maximum Gasteiger partial charge on any atom is 0.331 e. The van der Waals surface area contributed by atoms with Gasteiger partial charge in [0.05, 0.1) is 30.0 Å². The summed E-state index contributed by atoms with van der Waals surface area (Å²) in [4.78, 5) is 36.3. The van der Waals surface area contributed by atoms with Gasteiger partial charge in [-0.15, -0.1) is 0 Å². The zero-order valence-electron chi connectivity index (χ0n) is 14.7. The lowest BCUT2D eigenvalue weighted by atomic mass is 10.1. The van der Waals surface area contributed by atoms with E-state index in [2.05, 4.69) is 5.32 Å². The molecule has 0 atom stereocenters. The standard InChI is InChI=1S/C18H17N3O6/c1-11-3-5-14-16(7-11)27-18(23)10-20(14)9-17(22)19-13-8-12(21(24)25)4-6-15(13)26-2/h3-8H,9-10H2,1-2H3,(H,19,22). The molecule has 0 bridgehead atoms. The van der Waals surface area contributed by atoms with Crippen molar-refractivity contribution in [3.05, 3.63) is 52.1 Å². The molecule has 0 radical (unpaired) electrons. The van der Waals surface area contributed by atoms with Gasteiger partial charge in [0.2, 0.25) is 5.91 Å². The Balaban J connectivity index is 1.80. The summed E-state index contributed by atoms with van der Waals surface area (Å²) in [5.74, 6) is -0.223. The number of methoxy groups -OCH3 is 1. The van der Waals surface area contributed by atoms with E-state index in [1.807, 2.05) is 13.0 Å². The first-order valence-electron chi connectivity index (χ1n) is 8.06. The van der Waals surface area contributed by atoms with Gasteiger partial charge in [0.1, 0.15) is 12.3 Å². The number of nitrogens with zero attached hydrogens (tertiary/aromatic N) is 2. The van der Waals surface area contributed by atoms with Gasteiger partial charge < -0.3 is 19.7 Å². The number of non-ortho nitro benzene ring substituents is 1. The first-order valence-corrected chi connectivity index (χ1v) is 8.06. The number of aryl methyl sites for hydroxylation is 1. The van der Waals surface area contributed by atoms with Crippen LogP contribution >= 0.6 is 0 Å². The summed E-state index contributed by atoms with van der Waals surface area (Å²) in [6.45, 7) is 1.67. The molecule has 1 N–H and O–H groups in total. The summed E-state index contributed by atoms with van der Waals surface area (Å²) < 4.78 is 10.3. The second kappa shape index (κ2) is 7.32. The molecule has 1 amide bonds. The van der Waals surface area contributed by atoms with Crippen LogP contribution in [0.3, 0.4) is 0 Å². The van der Waals surface area contributed by atoms with Gasteiger partial charge in [-0.25, -0.2) is 4.79 Å². The van der Waals surface area contributed by atoms with E-state index in [-0.39, 0.29) is 24.5 Å². The zero-order valence-corrected chi connectivity index (χ0v) is 14.7. The summed E-state index contributed by atoms with van der Waals surface area (Å²) >= 11 is 0. The normalized spacial score (nSPS) is 12.8. The van der Waals surface area contributed by atoms with Gasteiger partial charge in [-0.05, 0) is 30.7 Å². The van der Waals surface area contributed by atoms with Crippen molar-refractivity contribution < 1.29 is 24.0 Å². The number of nitro groups is 1. The van der Waals surface area contributed by atoms with Crippen LogP contribution in [-0.2, 0) is 9.59 Å². The van der Waals surface area contributed by atoms with Gasteiger partial charge in [-0.3, -0.25) is 14.9 Å². The number of carbonyl (C=O) groups excluding carboxylic acids is 2. The Bertz CT molecular complexity index is 927. The highest BCUT2D eigenvalue weighted by Crippen LogP contribution is 2.33. The van der Waals surface area contributed by atoms with Gasteiger partial charge in [-0.1, -0.05) is 6.07 Å². The third kappa shape index (κ3) is 3.97. The first kappa shape index (κ1) is 18.2. The van der Waals surface area contributed by atoms with E-state index in [0.29, 0.717) is 17.2 Å². The average molecular weight is 371 g/mol. The highest BCUT2D eigenvalue weighted by Gasteiger charge is 2.26. The monoisotopic (exact) mass is 371 g/mol. The quantitative estimate of drug-likeness (QED) is 0.371. The number of esters is 1. The minimum atomic E-state index is -0.561. The molecule has 0 saturated carbocycles. The maximum atomic E-state index is 12.5. The number of nitrogens with one attached hydrogen (secondary N) is 1. The number of ether oxygens (including phenoxy) is 2. The molecule has 1 heterocycles. The van der Waals surface area contributed by atoms with E-state index in [1.54, 1.807) is 17.0 Å². The minimum absolute atomic E-state index is 0.0739. The number of fused-ring (bicyclic) bond motifs is 1. The van der Waals surface area contributed by atoms with E-state index in [1.165, 1.54) is 25.3 Å². The van der Waals surface area contributed by atoms with Crippen molar-refractivity contribution in [1.29, 1.82) is 0 Å². The second-order valence-corrected chi connectivity index (χ2v) is 5.99. The Morgan fingerprint density at radius 3 is 2.81 bits per heavy atom. The van der Waals surface area contributed by atoms with E-state index in [4.69, 9.17) is 9.47 Å². The van der Waals surface area contributed by atoms with Crippen LogP contribution in [0.25, 0.3) is 0 Å². The van der Waals surface area contributed by atoms with Crippen LogP contribution in [0.15, 0.2) is 36.4 Å². The van der Waals surface area contributed by atoms with Crippen LogP contribution in [0.2, 0.25) is 0 Å². The molecule has 140 valence electrons. The van der Waals surface area contributed by atoms with Gasteiger partial charge in [-0.2, -0.15) is 0 Å². The van der Waals surface area contributed by atoms with Gasteiger partial charge in [0.15, 0.2) is 5.75 Å². The van der Waals surface area contributed by atoms with Gasteiger partial charge >= 0.3 is 5.97 Å². The molecule has 1 aliphatic rings. The average Bonchev–Trinajstić information content (AvgIpc) is 2.60. The number of anilines is 2. The number of carbonyl (C=O) groups is 2. The molecule has 0 aromatic heterocycles. The third-order valence-electron chi connectivity index (χ3n) is 4.00. The summed E-state index contributed by atoms with van der Waals surface area (Å²) in [6.07, 6.45) is 0. The van der Waals surface area contributed by atoms with Crippen molar-refractivity contribution in [3.8, 4) is 11.5 Å². The Hall–Kier alpha value is -3.62. The Kier molecular flexibility index (Phi) is 4.93. The summed E-state index contributed by atoms with van der Waals surface area (Å²) in [7, 11) is 1.40. The smallest absolute Gasteiger partial charge is 0.331 e. The topological polar surface area (TPSA) is 111 Å². The van der Waals surface area contributed by atoms with Crippen molar-refractivity contribution in [2.24, 2.45) is 0 Å². The third-order valence-corrected chi connectivity index (χ3v) is 4.00. The largest absolute Gasteiger partial charge is 0.495 e. The molecule has 2 aromatic carbocycles. The molecule has 9 heteroatoms. The van der Waals surface area contributed by atoms with Crippen LogP contribution in [0, 0.1) is 17.0 Å². The van der Waals surface area contributed by atoms with Crippen LogP contribution in [0.4, 0.5) is 17.1 Å². The zero-order chi connectivity index (χ0) is 19.6. The Labute approximate surface area is 154 Å². The summed E-state index contributed by atoms with van der Waals surface area (Å²) in [5, 5.41) is 13.5. The maximum absolute atomic E-state index is 12.5. The molecule has 0 unspecified atom stereocenters. The summed E-state index contributed by atoms with van der Waals surface area (Å²) in [5.41, 5.74) is 1.56. The SMILES string of the molecule is COc1ccc([N+](=O)[O-])cc1NC(=O)CN1CC(=O)Oc2cc(C)ccc21. The van der Waals surface area contributed by atoms with Crippen LogP contribution in [0.1, 0.15) is 5.56 Å².